The summed E-state index contributed by atoms with van der Waals surface area (Å²) in [5, 5.41) is 6.98. The summed E-state index contributed by atoms with van der Waals surface area (Å²) in [6.45, 7) is 5.69. The Balaban J connectivity index is 4.44. The molecule has 0 heterocycles. The molecule has 2 nitrogen and oxygen atoms in total. The van der Waals surface area contributed by atoms with Crippen LogP contribution in [0.5, 0.6) is 0 Å². The molecule has 0 unspecified atom stereocenters. The fourth-order valence-corrected chi connectivity index (χ4v) is 0.618. The fourth-order valence-electron chi connectivity index (χ4n) is 0.618. The van der Waals surface area contributed by atoms with E-state index in [1.54, 1.807) is 6.08 Å². The van der Waals surface area contributed by atoms with Gasteiger partial charge in [0.1, 0.15) is 0 Å². The van der Waals surface area contributed by atoms with Gasteiger partial charge in [0.2, 0.25) is 0 Å². The van der Waals surface area contributed by atoms with Crippen LogP contribution in [0.25, 0.3) is 0 Å². The maximum Gasteiger partial charge on any atom is 0.0875 e. The van der Waals surface area contributed by atoms with Crippen LogP contribution in [0.4, 0.5) is 0 Å². The molecule has 0 fully saturated rings. The largest absolute Gasteiger partial charge is 0.307 e. The van der Waals surface area contributed by atoms with Crippen LogP contribution in [0.3, 0.4) is 0 Å². The third-order valence-electron chi connectivity index (χ3n) is 1.19. The number of allylic oxidation sites excluding steroid dienone is 2. The predicted octanol–water partition coefficient (Wildman–Crippen LogP) is 2.41. The summed E-state index contributed by atoms with van der Waals surface area (Å²) >= 11 is 0. The standard InChI is InChI=1S/C10H14N2/c1-4-6-7-9(3)12-10(5-2)8-11/h5,8,11H,4H2,1-3H3/b10-5-,11-8?,12-9?. The molecular formula is C10H14N2. The Hall–Kier alpha value is -1.36. The summed E-state index contributed by atoms with van der Waals surface area (Å²) in [5.74, 6) is 5.81. The van der Waals surface area contributed by atoms with Crippen LogP contribution in [0, 0.1) is 17.3 Å². The van der Waals surface area contributed by atoms with E-state index >= 15 is 0 Å². The number of nitrogens with zero attached hydrogens (tertiary/aromatic N) is 1. The van der Waals surface area contributed by atoms with E-state index < -0.39 is 0 Å². The zero-order chi connectivity index (χ0) is 9.40. The average molecular weight is 162 g/mol. The predicted molar refractivity (Wildman–Crippen MR) is 53.7 cm³/mol. The second-order valence-corrected chi connectivity index (χ2v) is 2.21. The van der Waals surface area contributed by atoms with Crippen LogP contribution in [0.15, 0.2) is 16.8 Å². The summed E-state index contributed by atoms with van der Waals surface area (Å²) in [5.41, 5.74) is 1.41. The molecule has 0 bridgehead atoms. The van der Waals surface area contributed by atoms with E-state index in [9.17, 15) is 0 Å². The highest BCUT2D eigenvalue weighted by atomic mass is 14.8. The molecule has 0 aromatic heterocycles. The molecule has 0 rings (SSSR count). The van der Waals surface area contributed by atoms with Gasteiger partial charge >= 0.3 is 0 Å². The minimum atomic E-state index is 0.651. The number of nitrogens with one attached hydrogen (secondary N) is 1. The van der Waals surface area contributed by atoms with Crippen LogP contribution in [-0.4, -0.2) is 11.9 Å². The molecule has 0 spiro atoms. The molecule has 0 aliphatic heterocycles. The lowest BCUT2D eigenvalue weighted by Gasteiger charge is -1.90. The Bertz CT molecular complexity index is 261. The van der Waals surface area contributed by atoms with Crippen molar-refractivity contribution >= 4 is 11.9 Å². The van der Waals surface area contributed by atoms with Gasteiger partial charge in [-0.3, -0.25) is 0 Å². The molecule has 2 heteroatoms. The SMILES string of the molecule is C/C=C(/C=N)N=C(C)C#CCC. The van der Waals surface area contributed by atoms with Crippen LogP contribution < -0.4 is 0 Å². The highest BCUT2D eigenvalue weighted by Crippen LogP contribution is 1.92. The van der Waals surface area contributed by atoms with E-state index in [0.717, 1.165) is 12.1 Å². The first-order valence-corrected chi connectivity index (χ1v) is 3.95. The van der Waals surface area contributed by atoms with E-state index in [0.29, 0.717) is 5.70 Å². The van der Waals surface area contributed by atoms with Crippen molar-refractivity contribution in [3.63, 3.8) is 0 Å². The molecular weight excluding hydrogens is 148 g/mol. The van der Waals surface area contributed by atoms with Gasteiger partial charge in [-0.1, -0.05) is 24.8 Å². The Morgan fingerprint density at radius 2 is 2.25 bits per heavy atom. The second kappa shape index (κ2) is 6.36. The maximum absolute atomic E-state index is 6.98. The quantitative estimate of drug-likeness (QED) is 0.478. The molecule has 0 radical (unpaired) electrons. The number of aliphatic imine (C=N–C) groups is 1. The Morgan fingerprint density at radius 3 is 2.67 bits per heavy atom. The van der Waals surface area contributed by atoms with Crippen molar-refractivity contribution in [1.29, 1.82) is 5.41 Å². The van der Waals surface area contributed by atoms with Crippen LogP contribution in [-0.2, 0) is 0 Å². The van der Waals surface area contributed by atoms with Crippen molar-refractivity contribution in [1.82, 2.24) is 0 Å². The lowest BCUT2D eigenvalue weighted by atomic mass is 10.3. The van der Waals surface area contributed by atoms with Crippen molar-refractivity contribution in [3.05, 3.63) is 11.8 Å². The summed E-state index contributed by atoms with van der Waals surface area (Å²) in [6.07, 6.45) is 3.84. The van der Waals surface area contributed by atoms with Crippen LogP contribution >= 0.6 is 0 Å². The molecule has 0 aromatic carbocycles. The van der Waals surface area contributed by atoms with Crippen molar-refractivity contribution < 1.29 is 0 Å². The fraction of sp³-hybridized carbons (Fsp3) is 0.400. The molecule has 0 saturated carbocycles. The zero-order valence-corrected chi connectivity index (χ0v) is 7.81. The molecule has 0 amide bonds. The molecule has 0 saturated heterocycles. The first-order valence-electron chi connectivity index (χ1n) is 3.95. The number of hydrogen-bond acceptors (Lipinski definition) is 2. The zero-order valence-electron chi connectivity index (χ0n) is 7.81. The summed E-state index contributed by atoms with van der Waals surface area (Å²) < 4.78 is 0. The van der Waals surface area contributed by atoms with Crippen molar-refractivity contribution in [3.8, 4) is 11.8 Å². The van der Waals surface area contributed by atoms with Gasteiger partial charge in [0, 0.05) is 12.6 Å². The van der Waals surface area contributed by atoms with E-state index in [2.05, 4.69) is 16.8 Å². The van der Waals surface area contributed by atoms with Gasteiger partial charge < -0.3 is 5.41 Å². The van der Waals surface area contributed by atoms with Gasteiger partial charge in [-0.05, 0) is 13.8 Å². The first-order chi connectivity index (χ1) is 5.74. The minimum Gasteiger partial charge on any atom is -0.307 e. The summed E-state index contributed by atoms with van der Waals surface area (Å²) in [7, 11) is 0. The van der Waals surface area contributed by atoms with Crippen LogP contribution in [0.2, 0.25) is 0 Å². The first kappa shape index (κ1) is 10.6. The lowest BCUT2D eigenvalue weighted by Crippen LogP contribution is -1.88. The normalized spacial score (nSPS) is 11.9. The molecule has 1 N–H and O–H groups in total. The summed E-state index contributed by atoms with van der Waals surface area (Å²) in [6, 6.07) is 0. The van der Waals surface area contributed by atoms with E-state index in [1.165, 1.54) is 6.21 Å². The van der Waals surface area contributed by atoms with Gasteiger partial charge in [0.15, 0.2) is 0 Å². The second-order valence-electron chi connectivity index (χ2n) is 2.21. The van der Waals surface area contributed by atoms with E-state index in [4.69, 9.17) is 5.41 Å². The Labute approximate surface area is 73.9 Å². The van der Waals surface area contributed by atoms with Gasteiger partial charge in [0.05, 0.1) is 11.4 Å². The van der Waals surface area contributed by atoms with Crippen molar-refractivity contribution in [2.75, 3.05) is 0 Å². The Morgan fingerprint density at radius 1 is 1.58 bits per heavy atom. The molecule has 0 aromatic rings. The van der Waals surface area contributed by atoms with Crippen molar-refractivity contribution in [2.24, 2.45) is 4.99 Å². The third kappa shape index (κ3) is 4.45. The minimum absolute atomic E-state index is 0.651. The smallest absolute Gasteiger partial charge is 0.0875 e. The van der Waals surface area contributed by atoms with Crippen LogP contribution in [0.1, 0.15) is 27.2 Å². The van der Waals surface area contributed by atoms with Gasteiger partial charge in [-0.25, -0.2) is 4.99 Å². The molecule has 12 heavy (non-hydrogen) atoms. The lowest BCUT2D eigenvalue weighted by molar-refractivity contribution is 1.28. The van der Waals surface area contributed by atoms with E-state index in [-0.39, 0.29) is 0 Å². The molecule has 0 atom stereocenters. The van der Waals surface area contributed by atoms with E-state index in [1.807, 2.05) is 20.8 Å². The topological polar surface area (TPSA) is 36.2 Å². The third-order valence-corrected chi connectivity index (χ3v) is 1.19. The molecule has 64 valence electrons. The number of hydrogen-bond donors (Lipinski definition) is 1. The molecule has 0 aliphatic rings. The average Bonchev–Trinajstić information content (AvgIpc) is 2.10. The highest BCUT2D eigenvalue weighted by Gasteiger charge is 1.86. The van der Waals surface area contributed by atoms with Gasteiger partial charge in [-0.2, -0.15) is 0 Å². The van der Waals surface area contributed by atoms with Gasteiger partial charge in [-0.15, -0.1) is 0 Å². The van der Waals surface area contributed by atoms with Gasteiger partial charge in [0.25, 0.3) is 0 Å². The van der Waals surface area contributed by atoms with Crippen molar-refractivity contribution in [2.45, 2.75) is 27.2 Å². The maximum atomic E-state index is 6.98. The number of rotatable bonds is 2. The monoisotopic (exact) mass is 162 g/mol. The Kier molecular flexibility index (Phi) is 5.64. The molecule has 0 aliphatic carbocycles. The summed E-state index contributed by atoms with van der Waals surface area (Å²) in [4.78, 5) is 4.11. The highest BCUT2D eigenvalue weighted by molar-refractivity contribution is 6.00.